The standard InChI is InChI=1S/C16H31N/c1-14(2,3)11-10-12(15(4,5)6)17-13(11)16(7,8)9/h12,17H,10H2,1-9H3. The fourth-order valence-corrected chi connectivity index (χ4v) is 2.49. The molecule has 1 unspecified atom stereocenters. The predicted octanol–water partition coefficient (Wildman–Crippen LogP) is 4.74. The van der Waals surface area contributed by atoms with Gasteiger partial charge in [0.1, 0.15) is 0 Å². The highest BCUT2D eigenvalue weighted by molar-refractivity contribution is 5.30. The summed E-state index contributed by atoms with van der Waals surface area (Å²) in [4.78, 5) is 0. The van der Waals surface area contributed by atoms with E-state index in [1.165, 1.54) is 12.1 Å². The second-order valence-electron chi connectivity index (χ2n) is 8.62. The molecule has 1 aliphatic rings. The van der Waals surface area contributed by atoms with Crippen LogP contribution in [-0.2, 0) is 0 Å². The van der Waals surface area contributed by atoms with Crippen LogP contribution in [0.4, 0.5) is 0 Å². The molecule has 1 heterocycles. The van der Waals surface area contributed by atoms with Crippen molar-refractivity contribution in [2.75, 3.05) is 0 Å². The maximum Gasteiger partial charge on any atom is 0.0344 e. The van der Waals surface area contributed by atoms with E-state index >= 15 is 0 Å². The van der Waals surface area contributed by atoms with Gasteiger partial charge in [0.25, 0.3) is 0 Å². The van der Waals surface area contributed by atoms with E-state index in [1.54, 1.807) is 5.57 Å². The smallest absolute Gasteiger partial charge is 0.0344 e. The molecule has 0 saturated heterocycles. The zero-order valence-corrected chi connectivity index (χ0v) is 13.3. The van der Waals surface area contributed by atoms with Crippen molar-refractivity contribution in [1.82, 2.24) is 5.32 Å². The molecule has 1 N–H and O–H groups in total. The van der Waals surface area contributed by atoms with Crippen LogP contribution < -0.4 is 5.32 Å². The van der Waals surface area contributed by atoms with E-state index in [2.05, 4.69) is 67.6 Å². The molecule has 0 fully saturated rings. The zero-order chi connectivity index (χ0) is 13.6. The van der Waals surface area contributed by atoms with Crippen molar-refractivity contribution in [3.63, 3.8) is 0 Å². The van der Waals surface area contributed by atoms with Crippen molar-refractivity contribution in [2.45, 2.75) is 74.8 Å². The lowest BCUT2D eigenvalue weighted by molar-refractivity contribution is 0.283. The first-order valence-corrected chi connectivity index (χ1v) is 6.84. The lowest BCUT2D eigenvalue weighted by Crippen LogP contribution is -2.37. The summed E-state index contributed by atoms with van der Waals surface area (Å²) in [7, 11) is 0. The summed E-state index contributed by atoms with van der Waals surface area (Å²) in [6.45, 7) is 20.9. The van der Waals surface area contributed by atoms with Crippen LogP contribution in [0.5, 0.6) is 0 Å². The molecule has 1 rings (SSSR count). The number of nitrogens with one attached hydrogen (secondary N) is 1. The van der Waals surface area contributed by atoms with Gasteiger partial charge in [0.2, 0.25) is 0 Å². The first-order valence-electron chi connectivity index (χ1n) is 6.84. The van der Waals surface area contributed by atoms with Crippen LogP contribution >= 0.6 is 0 Å². The van der Waals surface area contributed by atoms with Crippen LogP contribution in [0.3, 0.4) is 0 Å². The molecule has 17 heavy (non-hydrogen) atoms. The van der Waals surface area contributed by atoms with Crippen LogP contribution in [-0.4, -0.2) is 6.04 Å². The summed E-state index contributed by atoms with van der Waals surface area (Å²) in [5.74, 6) is 0. The Hall–Kier alpha value is -0.460. The van der Waals surface area contributed by atoms with Crippen molar-refractivity contribution in [2.24, 2.45) is 16.2 Å². The molecular formula is C16H31N. The second kappa shape index (κ2) is 4.03. The minimum atomic E-state index is 0.225. The van der Waals surface area contributed by atoms with Crippen molar-refractivity contribution < 1.29 is 0 Å². The average molecular weight is 237 g/mol. The van der Waals surface area contributed by atoms with Gasteiger partial charge in [-0.15, -0.1) is 0 Å². The number of hydrogen-bond acceptors (Lipinski definition) is 1. The first kappa shape index (κ1) is 14.6. The van der Waals surface area contributed by atoms with Gasteiger partial charge in [-0.1, -0.05) is 62.3 Å². The Labute approximate surface area is 108 Å². The van der Waals surface area contributed by atoms with Crippen molar-refractivity contribution in [3.05, 3.63) is 11.3 Å². The molecule has 1 atom stereocenters. The highest BCUT2D eigenvalue weighted by Crippen LogP contribution is 2.44. The quantitative estimate of drug-likeness (QED) is 0.641. The summed E-state index contributed by atoms with van der Waals surface area (Å²) in [5, 5.41) is 3.81. The van der Waals surface area contributed by atoms with Crippen LogP contribution in [0.1, 0.15) is 68.7 Å². The van der Waals surface area contributed by atoms with Gasteiger partial charge in [-0.05, 0) is 22.8 Å². The van der Waals surface area contributed by atoms with Gasteiger partial charge in [-0.2, -0.15) is 0 Å². The van der Waals surface area contributed by atoms with Gasteiger partial charge in [-0.3, -0.25) is 0 Å². The van der Waals surface area contributed by atoms with Crippen LogP contribution in [0, 0.1) is 16.2 Å². The van der Waals surface area contributed by atoms with E-state index in [0.29, 0.717) is 11.5 Å². The molecule has 1 heteroatoms. The number of rotatable bonds is 0. The maximum absolute atomic E-state index is 3.81. The largest absolute Gasteiger partial charge is 0.384 e. The molecule has 0 saturated carbocycles. The molecule has 0 bridgehead atoms. The monoisotopic (exact) mass is 237 g/mol. The van der Waals surface area contributed by atoms with E-state index in [4.69, 9.17) is 0 Å². The van der Waals surface area contributed by atoms with Crippen molar-refractivity contribution in [1.29, 1.82) is 0 Å². The molecule has 1 aliphatic heterocycles. The van der Waals surface area contributed by atoms with Crippen LogP contribution in [0.25, 0.3) is 0 Å². The summed E-state index contributed by atoms with van der Waals surface area (Å²) in [6, 6.07) is 0.575. The zero-order valence-electron chi connectivity index (χ0n) is 13.3. The Morgan fingerprint density at radius 1 is 0.824 bits per heavy atom. The van der Waals surface area contributed by atoms with Crippen molar-refractivity contribution >= 4 is 0 Å². The van der Waals surface area contributed by atoms with E-state index < -0.39 is 0 Å². The molecule has 0 aliphatic carbocycles. The van der Waals surface area contributed by atoms with Gasteiger partial charge in [0.05, 0.1) is 0 Å². The fraction of sp³-hybridized carbons (Fsp3) is 0.875. The molecule has 0 amide bonds. The second-order valence-corrected chi connectivity index (χ2v) is 8.62. The van der Waals surface area contributed by atoms with Gasteiger partial charge in [0, 0.05) is 17.2 Å². The van der Waals surface area contributed by atoms with E-state index in [9.17, 15) is 0 Å². The van der Waals surface area contributed by atoms with Crippen LogP contribution in [0.15, 0.2) is 11.3 Å². The van der Waals surface area contributed by atoms with Gasteiger partial charge < -0.3 is 5.32 Å². The summed E-state index contributed by atoms with van der Waals surface area (Å²) in [5.41, 5.74) is 3.91. The minimum Gasteiger partial charge on any atom is -0.384 e. The molecule has 0 spiro atoms. The Morgan fingerprint density at radius 3 is 1.53 bits per heavy atom. The van der Waals surface area contributed by atoms with Gasteiger partial charge >= 0.3 is 0 Å². The summed E-state index contributed by atoms with van der Waals surface area (Å²) in [6.07, 6.45) is 1.19. The highest BCUT2D eigenvalue weighted by Gasteiger charge is 2.39. The fourth-order valence-electron chi connectivity index (χ4n) is 2.49. The SMILES string of the molecule is CC(C)(C)C1=C(C(C)(C)C)NC(C(C)(C)C)C1. The third kappa shape index (κ3) is 3.26. The third-order valence-electron chi connectivity index (χ3n) is 3.73. The lowest BCUT2D eigenvalue weighted by atomic mass is 9.76. The van der Waals surface area contributed by atoms with E-state index in [1.807, 2.05) is 0 Å². The first-order chi connectivity index (χ1) is 7.33. The van der Waals surface area contributed by atoms with Gasteiger partial charge in [-0.25, -0.2) is 0 Å². The molecule has 0 radical (unpaired) electrons. The third-order valence-corrected chi connectivity index (χ3v) is 3.73. The molecule has 1 nitrogen and oxygen atoms in total. The molecule has 0 aromatic rings. The summed E-state index contributed by atoms with van der Waals surface area (Å²) >= 11 is 0. The Kier molecular flexibility index (Phi) is 3.46. The maximum atomic E-state index is 3.81. The Bertz CT molecular complexity index is 289. The molecule has 100 valence electrons. The Morgan fingerprint density at radius 2 is 1.29 bits per heavy atom. The predicted molar refractivity (Wildman–Crippen MR) is 76.9 cm³/mol. The minimum absolute atomic E-state index is 0.225. The Balaban J connectivity index is 3.10. The van der Waals surface area contributed by atoms with Gasteiger partial charge in [0.15, 0.2) is 0 Å². The topological polar surface area (TPSA) is 12.0 Å². The van der Waals surface area contributed by atoms with E-state index in [0.717, 1.165) is 0 Å². The average Bonchev–Trinajstić information content (AvgIpc) is 2.42. The normalized spacial score (nSPS) is 23.0. The van der Waals surface area contributed by atoms with E-state index in [-0.39, 0.29) is 10.8 Å². The number of hydrogen-bond donors (Lipinski definition) is 1. The lowest BCUT2D eigenvalue weighted by Gasteiger charge is -2.31. The molecular weight excluding hydrogens is 206 g/mol. The molecule has 0 aromatic carbocycles. The number of allylic oxidation sites excluding steroid dienone is 1. The van der Waals surface area contributed by atoms with Crippen molar-refractivity contribution in [3.8, 4) is 0 Å². The molecule has 0 aromatic heterocycles. The highest BCUT2D eigenvalue weighted by atomic mass is 15.0. The summed E-state index contributed by atoms with van der Waals surface area (Å²) < 4.78 is 0. The van der Waals surface area contributed by atoms with Crippen LogP contribution in [0.2, 0.25) is 0 Å².